The van der Waals surface area contributed by atoms with E-state index in [4.69, 9.17) is 0 Å². The zero-order chi connectivity index (χ0) is 10.6. The molecule has 0 aliphatic heterocycles. The second-order valence-corrected chi connectivity index (χ2v) is 4.73. The normalized spacial score (nSPS) is 15.1. The molecule has 0 aliphatic rings. The van der Waals surface area contributed by atoms with Crippen LogP contribution in [0.25, 0.3) is 0 Å². The lowest BCUT2D eigenvalue weighted by Crippen LogP contribution is -2.30. The minimum Gasteiger partial charge on any atom is -0.316 e. The first-order chi connectivity index (χ1) is 6.63. The largest absolute Gasteiger partial charge is 0.316 e. The van der Waals surface area contributed by atoms with Crippen LogP contribution < -0.4 is 5.32 Å². The number of aromatic nitrogens is 2. The summed E-state index contributed by atoms with van der Waals surface area (Å²) in [6.45, 7) is 6.32. The van der Waals surface area contributed by atoms with Crippen LogP contribution in [0.5, 0.6) is 0 Å². The van der Waals surface area contributed by atoms with Crippen molar-refractivity contribution < 1.29 is 0 Å². The minimum atomic E-state index is 0.462. The highest BCUT2D eigenvalue weighted by molar-refractivity contribution is 7.99. The first kappa shape index (κ1) is 11.5. The van der Waals surface area contributed by atoms with Crippen molar-refractivity contribution in [1.82, 2.24) is 15.3 Å². The molecular weight excluding hydrogens is 194 g/mol. The number of nitrogens with zero attached hydrogens (tertiary/aromatic N) is 2. The summed E-state index contributed by atoms with van der Waals surface area (Å²) in [5.74, 6) is 0. The number of hydrogen-bond donors (Lipinski definition) is 1. The molecule has 0 saturated carbocycles. The SMILES string of the molecule is CNC(C)C(C)Sc1nccc(C)n1. The van der Waals surface area contributed by atoms with Gasteiger partial charge in [-0.2, -0.15) is 0 Å². The van der Waals surface area contributed by atoms with Gasteiger partial charge in [0.15, 0.2) is 5.16 Å². The van der Waals surface area contributed by atoms with Crippen LogP contribution in [-0.4, -0.2) is 28.3 Å². The van der Waals surface area contributed by atoms with Gasteiger partial charge in [0.1, 0.15) is 0 Å². The minimum absolute atomic E-state index is 0.462. The van der Waals surface area contributed by atoms with Gasteiger partial charge in [-0.1, -0.05) is 18.7 Å². The molecule has 1 heterocycles. The molecule has 1 rings (SSSR count). The van der Waals surface area contributed by atoms with Crippen LogP contribution in [0.4, 0.5) is 0 Å². The topological polar surface area (TPSA) is 37.8 Å². The molecule has 1 N–H and O–H groups in total. The van der Waals surface area contributed by atoms with E-state index in [0.29, 0.717) is 11.3 Å². The van der Waals surface area contributed by atoms with Gasteiger partial charge >= 0.3 is 0 Å². The van der Waals surface area contributed by atoms with Crippen molar-refractivity contribution in [2.45, 2.75) is 37.2 Å². The lowest BCUT2D eigenvalue weighted by atomic mass is 10.3. The molecule has 0 saturated heterocycles. The molecule has 78 valence electrons. The fraction of sp³-hybridized carbons (Fsp3) is 0.600. The average molecular weight is 211 g/mol. The molecule has 2 unspecified atom stereocenters. The zero-order valence-corrected chi connectivity index (χ0v) is 9.93. The Morgan fingerprint density at radius 3 is 2.71 bits per heavy atom. The summed E-state index contributed by atoms with van der Waals surface area (Å²) >= 11 is 1.71. The first-order valence-electron chi connectivity index (χ1n) is 4.77. The van der Waals surface area contributed by atoms with Gasteiger partial charge in [0.05, 0.1) is 0 Å². The summed E-state index contributed by atoms with van der Waals surface area (Å²) in [4.78, 5) is 8.57. The van der Waals surface area contributed by atoms with Gasteiger partial charge < -0.3 is 5.32 Å². The van der Waals surface area contributed by atoms with Gasteiger partial charge in [-0.15, -0.1) is 0 Å². The lowest BCUT2D eigenvalue weighted by Gasteiger charge is -2.17. The van der Waals surface area contributed by atoms with Crippen LogP contribution in [0.1, 0.15) is 19.5 Å². The fourth-order valence-corrected chi connectivity index (χ4v) is 1.98. The van der Waals surface area contributed by atoms with Crippen LogP contribution in [0.2, 0.25) is 0 Å². The third kappa shape index (κ3) is 3.27. The molecule has 1 aromatic rings. The van der Waals surface area contributed by atoms with E-state index in [-0.39, 0.29) is 0 Å². The van der Waals surface area contributed by atoms with E-state index in [1.165, 1.54) is 0 Å². The zero-order valence-electron chi connectivity index (χ0n) is 9.11. The molecular formula is C10H17N3S. The van der Waals surface area contributed by atoms with Crippen LogP contribution in [0, 0.1) is 6.92 Å². The maximum absolute atomic E-state index is 4.35. The Labute approximate surface area is 89.7 Å². The molecule has 0 spiro atoms. The van der Waals surface area contributed by atoms with Gasteiger partial charge in [-0.25, -0.2) is 9.97 Å². The second-order valence-electron chi connectivity index (χ2n) is 3.38. The van der Waals surface area contributed by atoms with Crippen molar-refractivity contribution in [3.05, 3.63) is 18.0 Å². The van der Waals surface area contributed by atoms with Crippen molar-refractivity contribution in [2.75, 3.05) is 7.05 Å². The number of thioether (sulfide) groups is 1. The third-order valence-electron chi connectivity index (χ3n) is 2.22. The second kappa shape index (κ2) is 5.32. The van der Waals surface area contributed by atoms with Gasteiger partial charge in [0.2, 0.25) is 0 Å². The Balaban J connectivity index is 2.60. The number of hydrogen-bond acceptors (Lipinski definition) is 4. The fourth-order valence-electron chi connectivity index (χ4n) is 0.986. The Kier molecular flexibility index (Phi) is 4.35. The Bertz CT molecular complexity index is 290. The highest BCUT2D eigenvalue weighted by Gasteiger charge is 2.12. The van der Waals surface area contributed by atoms with Crippen molar-refractivity contribution in [3.63, 3.8) is 0 Å². The van der Waals surface area contributed by atoms with E-state index in [9.17, 15) is 0 Å². The van der Waals surface area contributed by atoms with Crippen molar-refractivity contribution in [3.8, 4) is 0 Å². The van der Waals surface area contributed by atoms with Crippen molar-refractivity contribution >= 4 is 11.8 Å². The third-order valence-corrected chi connectivity index (χ3v) is 3.41. The van der Waals surface area contributed by atoms with E-state index in [0.717, 1.165) is 10.9 Å². The van der Waals surface area contributed by atoms with E-state index in [2.05, 4.69) is 29.1 Å². The molecule has 0 aliphatic carbocycles. The Morgan fingerprint density at radius 1 is 1.43 bits per heavy atom. The van der Waals surface area contributed by atoms with E-state index in [1.54, 1.807) is 18.0 Å². The smallest absolute Gasteiger partial charge is 0.188 e. The molecule has 0 amide bonds. The van der Waals surface area contributed by atoms with Crippen LogP contribution >= 0.6 is 11.8 Å². The van der Waals surface area contributed by atoms with Crippen LogP contribution in [0.3, 0.4) is 0 Å². The quantitative estimate of drug-likeness (QED) is 0.609. The monoisotopic (exact) mass is 211 g/mol. The van der Waals surface area contributed by atoms with Crippen LogP contribution in [-0.2, 0) is 0 Å². The molecule has 1 aromatic heterocycles. The average Bonchev–Trinajstić information content (AvgIpc) is 2.16. The molecule has 0 fully saturated rings. The van der Waals surface area contributed by atoms with E-state index in [1.807, 2.05) is 20.0 Å². The standard InChI is InChI=1S/C10H17N3S/c1-7-5-6-12-10(13-7)14-9(3)8(2)11-4/h5-6,8-9,11H,1-4H3. The molecule has 0 radical (unpaired) electrons. The molecule has 2 atom stereocenters. The van der Waals surface area contributed by atoms with Crippen molar-refractivity contribution in [1.29, 1.82) is 0 Å². The number of rotatable bonds is 4. The number of aryl methyl sites for hydroxylation is 1. The predicted octanol–water partition coefficient (Wildman–Crippen LogP) is 1.87. The summed E-state index contributed by atoms with van der Waals surface area (Å²) in [6.07, 6.45) is 1.81. The summed E-state index contributed by atoms with van der Waals surface area (Å²) < 4.78 is 0. The molecule has 14 heavy (non-hydrogen) atoms. The molecule has 0 aromatic carbocycles. The molecule has 3 nitrogen and oxygen atoms in total. The highest BCUT2D eigenvalue weighted by Crippen LogP contribution is 2.21. The van der Waals surface area contributed by atoms with Gasteiger partial charge in [-0.05, 0) is 27.0 Å². The maximum atomic E-state index is 4.35. The van der Waals surface area contributed by atoms with Gasteiger partial charge in [0, 0.05) is 23.2 Å². The lowest BCUT2D eigenvalue weighted by molar-refractivity contribution is 0.604. The highest BCUT2D eigenvalue weighted by atomic mass is 32.2. The van der Waals surface area contributed by atoms with E-state index >= 15 is 0 Å². The Morgan fingerprint density at radius 2 is 2.14 bits per heavy atom. The van der Waals surface area contributed by atoms with Gasteiger partial charge in [0.25, 0.3) is 0 Å². The van der Waals surface area contributed by atoms with Crippen LogP contribution in [0.15, 0.2) is 17.4 Å². The molecule has 0 bridgehead atoms. The summed E-state index contributed by atoms with van der Waals surface area (Å²) in [5, 5.41) is 4.56. The number of nitrogens with one attached hydrogen (secondary N) is 1. The predicted molar refractivity (Wildman–Crippen MR) is 60.6 cm³/mol. The summed E-state index contributed by atoms with van der Waals surface area (Å²) in [5.41, 5.74) is 1.02. The first-order valence-corrected chi connectivity index (χ1v) is 5.65. The van der Waals surface area contributed by atoms with E-state index < -0.39 is 0 Å². The Hall–Kier alpha value is -0.610. The summed E-state index contributed by atoms with van der Waals surface area (Å²) in [6, 6.07) is 2.38. The maximum Gasteiger partial charge on any atom is 0.188 e. The van der Waals surface area contributed by atoms with Crippen molar-refractivity contribution in [2.24, 2.45) is 0 Å². The molecule has 4 heteroatoms. The van der Waals surface area contributed by atoms with Gasteiger partial charge in [-0.3, -0.25) is 0 Å². The summed E-state index contributed by atoms with van der Waals surface area (Å²) in [7, 11) is 1.97.